The van der Waals surface area contributed by atoms with Gasteiger partial charge in [0.25, 0.3) is 5.91 Å². The summed E-state index contributed by atoms with van der Waals surface area (Å²) in [6.07, 6.45) is 0. The van der Waals surface area contributed by atoms with Crippen molar-refractivity contribution < 1.29 is 13.9 Å². The summed E-state index contributed by atoms with van der Waals surface area (Å²) in [5.74, 6) is 2.26. The lowest BCUT2D eigenvalue weighted by atomic mass is 10.1. The van der Waals surface area contributed by atoms with Gasteiger partial charge in [0, 0.05) is 37.7 Å². The van der Waals surface area contributed by atoms with Crippen molar-refractivity contribution in [1.82, 2.24) is 15.1 Å². The molecule has 1 aromatic carbocycles. The van der Waals surface area contributed by atoms with E-state index in [4.69, 9.17) is 20.8 Å². The molecule has 0 bridgehead atoms. The van der Waals surface area contributed by atoms with E-state index < -0.39 is 0 Å². The Morgan fingerprint density at radius 3 is 2.41 bits per heavy atom. The van der Waals surface area contributed by atoms with Crippen LogP contribution in [0.15, 0.2) is 28.7 Å². The molecule has 29 heavy (non-hydrogen) atoms. The van der Waals surface area contributed by atoms with Crippen molar-refractivity contribution in [3.63, 3.8) is 0 Å². The molecule has 1 fully saturated rings. The van der Waals surface area contributed by atoms with E-state index in [1.165, 1.54) is 0 Å². The van der Waals surface area contributed by atoms with Crippen molar-refractivity contribution in [3.8, 4) is 5.75 Å². The summed E-state index contributed by atoms with van der Waals surface area (Å²) in [5, 5.41) is 3.73. The lowest BCUT2D eigenvalue weighted by Crippen LogP contribution is -2.48. The van der Waals surface area contributed by atoms with Crippen molar-refractivity contribution in [2.75, 3.05) is 46.4 Å². The molecule has 2 aromatic rings. The molecule has 158 valence electrons. The van der Waals surface area contributed by atoms with Gasteiger partial charge in [-0.1, -0.05) is 11.6 Å². The first-order valence-electron chi connectivity index (χ1n) is 9.98. The zero-order chi connectivity index (χ0) is 21.0. The Morgan fingerprint density at radius 2 is 1.83 bits per heavy atom. The topological polar surface area (TPSA) is 58.0 Å². The molecule has 3 rings (SSSR count). The number of ether oxygens (including phenoxy) is 1. The van der Waals surface area contributed by atoms with Gasteiger partial charge in [0.1, 0.15) is 17.3 Å². The highest BCUT2D eigenvalue weighted by molar-refractivity contribution is 6.32. The molecular weight excluding hydrogens is 390 g/mol. The molecule has 1 aliphatic heterocycles. The largest absolute Gasteiger partial charge is 0.484 e. The summed E-state index contributed by atoms with van der Waals surface area (Å²) in [7, 11) is 2.13. The first-order valence-corrected chi connectivity index (χ1v) is 10.4. The van der Waals surface area contributed by atoms with Gasteiger partial charge in [-0.25, -0.2) is 0 Å². The number of furan rings is 1. The number of rotatable bonds is 7. The number of likely N-dealkylation sites (N-methyl/N-ethyl adjacent to an activating group) is 1. The van der Waals surface area contributed by atoms with Crippen molar-refractivity contribution in [1.29, 1.82) is 0 Å². The number of carbonyl (C=O) groups is 1. The predicted octanol–water partition coefficient (Wildman–Crippen LogP) is 3.34. The highest BCUT2D eigenvalue weighted by Crippen LogP contribution is 2.26. The highest BCUT2D eigenvalue weighted by atomic mass is 35.5. The molecule has 1 amide bonds. The van der Waals surface area contributed by atoms with Crippen LogP contribution in [0.25, 0.3) is 0 Å². The Kier molecular flexibility index (Phi) is 7.22. The number of nitrogens with zero attached hydrogens (tertiary/aromatic N) is 2. The number of amides is 1. The molecular formula is C22H30ClN3O3. The third kappa shape index (κ3) is 5.75. The van der Waals surface area contributed by atoms with Crippen LogP contribution in [0.2, 0.25) is 5.02 Å². The van der Waals surface area contributed by atoms with Crippen LogP contribution < -0.4 is 10.1 Å². The third-order valence-corrected chi connectivity index (χ3v) is 5.94. The van der Waals surface area contributed by atoms with Gasteiger partial charge in [0.15, 0.2) is 6.61 Å². The smallest absolute Gasteiger partial charge is 0.258 e. The van der Waals surface area contributed by atoms with E-state index in [1.54, 1.807) is 0 Å². The number of halogens is 1. The molecule has 0 unspecified atom stereocenters. The number of benzene rings is 1. The average molecular weight is 420 g/mol. The predicted molar refractivity (Wildman–Crippen MR) is 115 cm³/mol. The number of aryl methyl sites for hydroxylation is 3. The summed E-state index contributed by atoms with van der Waals surface area (Å²) >= 11 is 6.19. The lowest BCUT2D eigenvalue weighted by Gasteiger charge is -2.37. The van der Waals surface area contributed by atoms with Crippen LogP contribution in [-0.2, 0) is 4.79 Å². The van der Waals surface area contributed by atoms with E-state index in [2.05, 4.69) is 22.2 Å². The molecule has 2 heterocycles. The Hall–Kier alpha value is -2.02. The van der Waals surface area contributed by atoms with E-state index in [9.17, 15) is 4.79 Å². The maximum atomic E-state index is 12.4. The quantitative estimate of drug-likeness (QED) is 0.745. The van der Waals surface area contributed by atoms with Crippen molar-refractivity contribution in [3.05, 3.63) is 51.9 Å². The lowest BCUT2D eigenvalue weighted by molar-refractivity contribution is -0.123. The zero-order valence-corrected chi connectivity index (χ0v) is 18.4. The summed E-state index contributed by atoms with van der Waals surface area (Å²) in [6, 6.07) is 7.68. The molecule has 0 spiro atoms. The second-order valence-electron chi connectivity index (χ2n) is 7.77. The number of piperazine rings is 1. The fourth-order valence-electron chi connectivity index (χ4n) is 3.58. The van der Waals surface area contributed by atoms with E-state index in [-0.39, 0.29) is 18.6 Å². The van der Waals surface area contributed by atoms with Crippen LogP contribution in [-0.4, -0.2) is 62.1 Å². The number of carbonyl (C=O) groups excluding carboxylic acids is 1. The van der Waals surface area contributed by atoms with Crippen molar-refractivity contribution in [2.45, 2.75) is 26.8 Å². The molecule has 0 aliphatic carbocycles. The van der Waals surface area contributed by atoms with Crippen LogP contribution in [0.4, 0.5) is 0 Å². The maximum Gasteiger partial charge on any atom is 0.258 e. The van der Waals surface area contributed by atoms with Gasteiger partial charge >= 0.3 is 0 Å². The number of hydrogen-bond donors (Lipinski definition) is 1. The Balaban J connectivity index is 1.58. The zero-order valence-electron chi connectivity index (χ0n) is 17.6. The van der Waals surface area contributed by atoms with E-state index in [0.717, 1.165) is 53.8 Å². The Morgan fingerprint density at radius 1 is 1.17 bits per heavy atom. The summed E-state index contributed by atoms with van der Waals surface area (Å²) < 4.78 is 11.5. The van der Waals surface area contributed by atoms with Crippen molar-refractivity contribution >= 4 is 17.5 Å². The van der Waals surface area contributed by atoms with Gasteiger partial charge in [0.05, 0.1) is 6.04 Å². The average Bonchev–Trinajstić information content (AvgIpc) is 3.12. The standard InChI is InChI=1S/C22H30ClN3O3/c1-15-11-18(12-16(2)22(15)23)28-14-21(27)24-13-19(20-6-5-17(3)29-20)26-9-7-25(4)8-10-26/h5-6,11-12,19H,7-10,13-14H2,1-4H3,(H,24,27)/t19-/m1/s1. The second-order valence-corrected chi connectivity index (χ2v) is 8.15. The van der Waals surface area contributed by atoms with Crippen LogP contribution in [0.5, 0.6) is 5.75 Å². The van der Waals surface area contributed by atoms with Gasteiger partial charge in [-0.2, -0.15) is 0 Å². The maximum absolute atomic E-state index is 12.4. The molecule has 1 atom stereocenters. The van der Waals surface area contributed by atoms with Gasteiger partial charge in [-0.15, -0.1) is 0 Å². The van der Waals surface area contributed by atoms with Crippen LogP contribution in [0.1, 0.15) is 28.7 Å². The van der Waals surface area contributed by atoms with Crippen LogP contribution in [0, 0.1) is 20.8 Å². The van der Waals surface area contributed by atoms with Crippen molar-refractivity contribution in [2.24, 2.45) is 0 Å². The minimum Gasteiger partial charge on any atom is -0.484 e. The van der Waals surface area contributed by atoms with Gasteiger partial charge in [-0.05, 0) is 63.2 Å². The van der Waals surface area contributed by atoms with E-state index >= 15 is 0 Å². The molecule has 1 aromatic heterocycles. The molecule has 0 saturated carbocycles. The number of nitrogens with one attached hydrogen (secondary N) is 1. The van der Waals surface area contributed by atoms with E-state index in [1.807, 2.05) is 45.0 Å². The first kappa shape index (κ1) is 21.7. The summed E-state index contributed by atoms with van der Waals surface area (Å²) in [4.78, 5) is 17.1. The highest BCUT2D eigenvalue weighted by Gasteiger charge is 2.26. The SMILES string of the molecule is Cc1ccc([C@@H](CNC(=O)COc2cc(C)c(Cl)c(C)c2)N2CCN(C)CC2)o1. The van der Waals surface area contributed by atoms with Gasteiger partial charge < -0.3 is 19.4 Å². The molecule has 0 radical (unpaired) electrons. The third-order valence-electron chi connectivity index (χ3n) is 5.34. The Labute approximate surface area is 177 Å². The Bertz CT molecular complexity index is 821. The minimum atomic E-state index is -0.155. The monoisotopic (exact) mass is 419 g/mol. The molecule has 1 aliphatic rings. The summed E-state index contributed by atoms with van der Waals surface area (Å²) in [6.45, 7) is 10.1. The summed E-state index contributed by atoms with van der Waals surface area (Å²) in [5.41, 5.74) is 1.87. The fraction of sp³-hybridized carbons (Fsp3) is 0.500. The molecule has 6 nitrogen and oxygen atoms in total. The van der Waals surface area contributed by atoms with Crippen LogP contribution in [0.3, 0.4) is 0 Å². The molecule has 1 N–H and O–H groups in total. The first-order chi connectivity index (χ1) is 13.8. The minimum absolute atomic E-state index is 0.0152. The molecule has 7 heteroatoms. The fourth-order valence-corrected chi connectivity index (χ4v) is 3.68. The number of hydrogen-bond acceptors (Lipinski definition) is 5. The van der Waals surface area contributed by atoms with Gasteiger partial charge in [-0.3, -0.25) is 9.69 Å². The normalized spacial score (nSPS) is 16.6. The van der Waals surface area contributed by atoms with Gasteiger partial charge in [0.2, 0.25) is 0 Å². The van der Waals surface area contributed by atoms with Crippen LogP contribution >= 0.6 is 11.6 Å². The molecule has 1 saturated heterocycles. The second kappa shape index (κ2) is 9.65. The van der Waals surface area contributed by atoms with E-state index in [0.29, 0.717) is 12.3 Å².